The maximum absolute atomic E-state index is 13.0. The third-order valence-electron chi connectivity index (χ3n) is 9.89. The number of alkyl halides is 3. The van der Waals surface area contributed by atoms with Crippen LogP contribution in [0.1, 0.15) is 82.6 Å². The molecule has 0 spiro atoms. The SMILES string of the molecule is O=C(CCCC1C2CCN(C3CC=CCC3)CCC12)N1CCCC(CCc2ccc(SC(F)(F)F)cc2)CC1. The van der Waals surface area contributed by atoms with Crippen LogP contribution < -0.4 is 0 Å². The lowest BCUT2D eigenvalue weighted by atomic mass is 9.93. The van der Waals surface area contributed by atoms with Gasteiger partial charge in [0, 0.05) is 30.4 Å². The topological polar surface area (TPSA) is 23.6 Å². The van der Waals surface area contributed by atoms with Crippen molar-refractivity contribution in [3.63, 3.8) is 0 Å². The molecule has 1 amide bonds. The first-order valence-corrected chi connectivity index (χ1v) is 16.2. The number of hydrogen-bond acceptors (Lipinski definition) is 3. The highest BCUT2D eigenvalue weighted by Gasteiger charge is 2.49. The van der Waals surface area contributed by atoms with Crippen molar-refractivity contribution in [3.05, 3.63) is 42.0 Å². The predicted octanol–water partition coefficient (Wildman–Crippen LogP) is 8.10. The Hall–Kier alpha value is -1.47. The predicted molar refractivity (Wildman–Crippen MR) is 153 cm³/mol. The van der Waals surface area contributed by atoms with Gasteiger partial charge in [-0.1, -0.05) is 24.3 Å². The molecule has 2 saturated heterocycles. The molecule has 4 atom stereocenters. The van der Waals surface area contributed by atoms with Crippen LogP contribution >= 0.6 is 11.8 Å². The van der Waals surface area contributed by atoms with Gasteiger partial charge in [-0.25, -0.2) is 0 Å². The van der Waals surface area contributed by atoms with Crippen LogP contribution in [0.15, 0.2) is 41.3 Å². The number of carbonyl (C=O) groups is 1. The van der Waals surface area contributed by atoms with E-state index in [0.29, 0.717) is 18.2 Å². The fourth-order valence-corrected chi connectivity index (χ4v) is 8.14. The molecule has 39 heavy (non-hydrogen) atoms. The molecular weight excluding hydrogens is 517 g/mol. The van der Waals surface area contributed by atoms with Crippen molar-refractivity contribution >= 4 is 17.7 Å². The molecule has 7 heteroatoms. The summed E-state index contributed by atoms with van der Waals surface area (Å²) in [5, 5.41) is 0. The molecule has 0 aromatic heterocycles. The molecule has 1 aromatic carbocycles. The van der Waals surface area contributed by atoms with Crippen LogP contribution in [-0.4, -0.2) is 53.4 Å². The Labute approximate surface area is 237 Å². The first-order chi connectivity index (χ1) is 18.9. The van der Waals surface area contributed by atoms with E-state index in [1.807, 2.05) is 12.1 Å². The van der Waals surface area contributed by atoms with Gasteiger partial charge >= 0.3 is 5.51 Å². The number of thioether (sulfide) groups is 1. The highest BCUT2D eigenvalue weighted by Crippen LogP contribution is 2.55. The Morgan fingerprint density at radius 2 is 1.67 bits per heavy atom. The molecule has 0 bridgehead atoms. The largest absolute Gasteiger partial charge is 0.446 e. The van der Waals surface area contributed by atoms with Gasteiger partial charge in [0.15, 0.2) is 0 Å². The van der Waals surface area contributed by atoms with E-state index in [0.717, 1.165) is 81.0 Å². The number of aryl methyl sites for hydroxylation is 1. The number of fused-ring (bicyclic) bond motifs is 1. The van der Waals surface area contributed by atoms with Crippen molar-refractivity contribution in [3.8, 4) is 0 Å². The second-order valence-electron chi connectivity index (χ2n) is 12.3. The van der Waals surface area contributed by atoms with Crippen LogP contribution in [0.4, 0.5) is 13.2 Å². The van der Waals surface area contributed by atoms with Crippen molar-refractivity contribution in [1.82, 2.24) is 9.80 Å². The summed E-state index contributed by atoms with van der Waals surface area (Å²) in [5.74, 6) is 3.59. The lowest BCUT2D eigenvalue weighted by molar-refractivity contribution is -0.131. The van der Waals surface area contributed by atoms with Gasteiger partial charge in [0.2, 0.25) is 5.91 Å². The molecule has 0 radical (unpaired) electrons. The molecule has 3 nitrogen and oxygen atoms in total. The molecule has 1 aromatic rings. The second-order valence-corrected chi connectivity index (χ2v) is 13.5. The van der Waals surface area contributed by atoms with Crippen LogP contribution in [0.5, 0.6) is 0 Å². The fraction of sp³-hybridized carbons (Fsp3) is 0.719. The number of hydrogen-bond donors (Lipinski definition) is 0. The molecule has 4 aliphatic rings. The maximum Gasteiger partial charge on any atom is 0.446 e. The average Bonchev–Trinajstić information content (AvgIpc) is 3.68. The van der Waals surface area contributed by atoms with Crippen molar-refractivity contribution in [2.75, 3.05) is 26.2 Å². The molecule has 2 aliphatic carbocycles. The number of likely N-dealkylation sites (tertiary alicyclic amines) is 2. The number of benzene rings is 1. The third kappa shape index (κ3) is 8.51. The van der Waals surface area contributed by atoms with Gasteiger partial charge in [0.1, 0.15) is 0 Å². The van der Waals surface area contributed by atoms with E-state index in [1.165, 1.54) is 51.6 Å². The van der Waals surface area contributed by atoms with E-state index in [1.54, 1.807) is 12.1 Å². The number of rotatable bonds is 9. The van der Waals surface area contributed by atoms with Gasteiger partial charge in [-0.2, -0.15) is 13.2 Å². The van der Waals surface area contributed by atoms with Crippen molar-refractivity contribution in [2.45, 2.75) is 99.9 Å². The van der Waals surface area contributed by atoms with Gasteiger partial charge in [-0.3, -0.25) is 4.79 Å². The van der Waals surface area contributed by atoms with E-state index in [-0.39, 0.29) is 16.7 Å². The smallest absolute Gasteiger partial charge is 0.343 e. The summed E-state index contributed by atoms with van der Waals surface area (Å²) in [4.78, 5) is 18.1. The Balaban J connectivity index is 0.963. The summed E-state index contributed by atoms with van der Waals surface area (Å²) in [5.41, 5.74) is -3.15. The number of amides is 1. The van der Waals surface area contributed by atoms with Gasteiger partial charge in [-0.15, -0.1) is 0 Å². The highest BCUT2D eigenvalue weighted by atomic mass is 32.2. The zero-order valence-electron chi connectivity index (χ0n) is 23.2. The summed E-state index contributed by atoms with van der Waals surface area (Å²) in [7, 11) is 0. The fourth-order valence-electron chi connectivity index (χ4n) is 7.60. The van der Waals surface area contributed by atoms with E-state index < -0.39 is 5.51 Å². The first kappa shape index (κ1) is 29.0. The molecule has 4 unspecified atom stereocenters. The summed E-state index contributed by atoms with van der Waals surface area (Å²) in [6, 6.07) is 7.56. The Bertz CT molecular complexity index is 951. The zero-order valence-corrected chi connectivity index (χ0v) is 24.0. The van der Waals surface area contributed by atoms with Gasteiger partial charge in [-0.05, 0) is 143 Å². The van der Waals surface area contributed by atoms with E-state index >= 15 is 0 Å². The van der Waals surface area contributed by atoms with Crippen LogP contribution in [0.2, 0.25) is 0 Å². The molecule has 0 N–H and O–H groups in total. The first-order valence-electron chi connectivity index (χ1n) is 15.4. The third-order valence-corrected chi connectivity index (χ3v) is 10.6. The normalized spacial score (nSPS) is 29.9. The minimum atomic E-state index is -4.24. The van der Waals surface area contributed by atoms with Gasteiger partial charge < -0.3 is 9.80 Å². The number of halogens is 3. The van der Waals surface area contributed by atoms with Crippen LogP contribution in [0.25, 0.3) is 0 Å². The van der Waals surface area contributed by atoms with Crippen LogP contribution in [-0.2, 0) is 11.2 Å². The van der Waals surface area contributed by atoms with Gasteiger partial charge in [0.05, 0.1) is 0 Å². The van der Waals surface area contributed by atoms with Crippen LogP contribution in [0.3, 0.4) is 0 Å². The molecular formula is C32H45F3N2OS. The molecule has 3 fully saturated rings. The van der Waals surface area contributed by atoms with Gasteiger partial charge in [0.25, 0.3) is 0 Å². The molecule has 5 rings (SSSR count). The highest BCUT2D eigenvalue weighted by molar-refractivity contribution is 8.00. The quantitative estimate of drug-likeness (QED) is 0.224. The Morgan fingerprint density at radius 1 is 0.897 bits per heavy atom. The molecule has 1 saturated carbocycles. The summed E-state index contributed by atoms with van der Waals surface area (Å²) < 4.78 is 37.6. The molecule has 2 heterocycles. The van der Waals surface area contributed by atoms with E-state index in [4.69, 9.17) is 0 Å². The standard InChI is InChI=1S/C32H45F3N2OS/c33-32(34,35)39-27-15-13-25(14-16-27)12-11-24-6-5-20-37(21-17-24)31(38)10-4-9-28-29-18-22-36(23-19-30(28)29)26-7-2-1-3-8-26/h1-2,13-16,24,26,28-30H,3-12,17-23H2. The van der Waals surface area contributed by atoms with Crippen molar-refractivity contribution < 1.29 is 18.0 Å². The second kappa shape index (κ2) is 13.5. The van der Waals surface area contributed by atoms with Crippen molar-refractivity contribution in [2.24, 2.45) is 23.7 Å². The number of nitrogens with zero attached hydrogens (tertiary/aromatic N) is 2. The Kier molecular flexibility index (Phi) is 10.0. The molecule has 216 valence electrons. The Morgan fingerprint density at radius 3 is 2.36 bits per heavy atom. The van der Waals surface area contributed by atoms with Crippen molar-refractivity contribution in [1.29, 1.82) is 0 Å². The number of carbonyl (C=O) groups excluding carboxylic acids is 1. The molecule has 2 aliphatic heterocycles. The minimum absolute atomic E-state index is 0.0586. The average molecular weight is 563 g/mol. The summed E-state index contributed by atoms with van der Waals surface area (Å²) in [6.07, 6.45) is 19.3. The summed E-state index contributed by atoms with van der Waals surface area (Å²) >= 11 is -0.0586. The zero-order chi connectivity index (χ0) is 27.2. The van der Waals surface area contributed by atoms with E-state index in [9.17, 15) is 18.0 Å². The maximum atomic E-state index is 13.0. The monoisotopic (exact) mass is 562 g/mol. The lowest BCUT2D eigenvalue weighted by Crippen LogP contribution is -2.37. The van der Waals surface area contributed by atoms with E-state index in [2.05, 4.69) is 22.0 Å². The lowest BCUT2D eigenvalue weighted by Gasteiger charge is -2.32. The minimum Gasteiger partial charge on any atom is -0.343 e. The van der Waals surface area contributed by atoms with Crippen LogP contribution in [0, 0.1) is 23.7 Å². The summed E-state index contributed by atoms with van der Waals surface area (Å²) in [6.45, 7) is 4.27. The number of allylic oxidation sites excluding steroid dienone is 1.